The molecule has 8 nitrogen and oxygen atoms in total. The van der Waals surface area contributed by atoms with Crippen molar-refractivity contribution >= 4 is 37.7 Å². The SMILES string of the molecule is CC(=O)N1CCN(C(=O)N2C[C@H](c3ccc(C(OCc4c(F)cccc4F)(C(F)(F)F)C(F)(F)F)cc3)[C@@H](S(=O)(=O)c3ccc(F)c(Br)c3)C2)CC1. The van der Waals surface area contributed by atoms with Gasteiger partial charge in [-0.2, -0.15) is 26.3 Å². The Morgan fingerprint density at radius 1 is 0.788 bits per heavy atom. The third kappa shape index (κ3) is 7.35. The van der Waals surface area contributed by atoms with E-state index >= 15 is 0 Å². The number of nitrogens with zero attached hydrogens (tertiary/aromatic N) is 3. The van der Waals surface area contributed by atoms with E-state index in [1.807, 2.05) is 0 Å². The van der Waals surface area contributed by atoms with Crippen LogP contribution in [0.25, 0.3) is 0 Å². The van der Waals surface area contributed by atoms with Crippen molar-refractivity contribution in [3.05, 3.63) is 99.3 Å². The third-order valence-electron chi connectivity index (χ3n) is 9.19. The molecule has 3 aromatic carbocycles. The van der Waals surface area contributed by atoms with Crippen LogP contribution in [0.3, 0.4) is 0 Å². The topological polar surface area (TPSA) is 87.2 Å². The Bertz CT molecular complexity index is 1900. The van der Waals surface area contributed by atoms with E-state index in [4.69, 9.17) is 0 Å². The number of sulfone groups is 1. The summed E-state index contributed by atoms with van der Waals surface area (Å²) in [4.78, 5) is 29.0. The summed E-state index contributed by atoms with van der Waals surface area (Å²) in [5, 5.41) is -1.49. The molecule has 0 radical (unpaired) electrons. The second-order valence-electron chi connectivity index (χ2n) is 12.2. The van der Waals surface area contributed by atoms with Gasteiger partial charge in [-0.1, -0.05) is 30.3 Å². The lowest BCUT2D eigenvalue weighted by Crippen LogP contribution is -2.55. The van der Waals surface area contributed by atoms with E-state index < -0.39 is 86.7 Å². The molecule has 0 bridgehead atoms. The molecule has 2 saturated heterocycles. The van der Waals surface area contributed by atoms with Crippen molar-refractivity contribution in [1.29, 1.82) is 0 Å². The number of urea groups is 1. The lowest BCUT2D eigenvalue weighted by Gasteiger charge is -2.37. The van der Waals surface area contributed by atoms with E-state index in [0.29, 0.717) is 24.3 Å². The Hall–Kier alpha value is -3.84. The van der Waals surface area contributed by atoms with Crippen LogP contribution >= 0.6 is 15.9 Å². The van der Waals surface area contributed by atoms with Crippen LogP contribution in [0.2, 0.25) is 0 Å². The number of rotatable bonds is 7. The van der Waals surface area contributed by atoms with Crippen LogP contribution < -0.4 is 0 Å². The Labute approximate surface area is 300 Å². The largest absolute Gasteiger partial charge is 0.430 e. The summed E-state index contributed by atoms with van der Waals surface area (Å²) >= 11 is 2.93. The number of piperazine rings is 1. The molecule has 2 aliphatic rings. The van der Waals surface area contributed by atoms with Crippen LogP contribution in [0, 0.1) is 17.5 Å². The van der Waals surface area contributed by atoms with Gasteiger partial charge in [-0.15, -0.1) is 0 Å². The molecule has 52 heavy (non-hydrogen) atoms. The minimum absolute atomic E-state index is 0.0615. The predicted octanol–water partition coefficient (Wildman–Crippen LogP) is 6.93. The van der Waals surface area contributed by atoms with Crippen LogP contribution in [-0.4, -0.2) is 91.9 Å². The molecule has 2 heterocycles. The zero-order valence-electron chi connectivity index (χ0n) is 26.9. The maximum atomic E-state index is 14.5. The van der Waals surface area contributed by atoms with Crippen molar-refractivity contribution in [2.24, 2.45) is 0 Å². The number of likely N-dealkylation sites (tertiary alicyclic amines) is 1. The molecule has 0 unspecified atom stereocenters. The first-order valence-electron chi connectivity index (χ1n) is 15.5. The highest BCUT2D eigenvalue weighted by atomic mass is 79.9. The van der Waals surface area contributed by atoms with Gasteiger partial charge in [-0.3, -0.25) is 4.79 Å². The average Bonchev–Trinajstić information content (AvgIpc) is 3.53. The fraction of sp³-hybridized carbons (Fsp3) is 0.394. The van der Waals surface area contributed by atoms with Gasteiger partial charge in [-0.05, 0) is 51.8 Å². The Balaban J connectivity index is 1.53. The monoisotopic (exact) mass is 829 g/mol. The predicted molar refractivity (Wildman–Crippen MR) is 170 cm³/mol. The van der Waals surface area contributed by atoms with Crippen LogP contribution in [0.5, 0.6) is 0 Å². The summed E-state index contributed by atoms with van der Waals surface area (Å²) in [6, 6.07) is 6.91. The van der Waals surface area contributed by atoms with E-state index in [9.17, 15) is 57.5 Å². The number of hydrogen-bond acceptors (Lipinski definition) is 5. The van der Waals surface area contributed by atoms with Gasteiger partial charge in [0.1, 0.15) is 17.5 Å². The summed E-state index contributed by atoms with van der Waals surface area (Å²) < 4.78 is 162. The molecule has 2 atom stereocenters. The van der Waals surface area contributed by atoms with Crippen molar-refractivity contribution in [1.82, 2.24) is 14.7 Å². The smallest absolute Gasteiger partial charge is 0.349 e. The van der Waals surface area contributed by atoms with Gasteiger partial charge in [0.2, 0.25) is 5.91 Å². The van der Waals surface area contributed by atoms with Gasteiger partial charge in [0, 0.05) is 63.2 Å². The Morgan fingerprint density at radius 3 is 1.87 bits per heavy atom. The molecular formula is C33H29BrF9N3O5S. The summed E-state index contributed by atoms with van der Waals surface area (Å²) in [6.45, 7) is -0.526. The molecular weight excluding hydrogens is 801 g/mol. The van der Waals surface area contributed by atoms with Gasteiger partial charge in [0.05, 0.1) is 21.2 Å². The fourth-order valence-corrected chi connectivity index (χ4v) is 8.83. The normalized spacial score (nSPS) is 18.9. The van der Waals surface area contributed by atoms with E-state index in [1.54, 1.807) is 0 Å². The number of ether oxygens (including phenoxy) is 1. The minimum Gasteiger partial charge on any atom is -0.349 e. The number of alkyl halides is 6. The number of halogens is 10. The zero-order valence-corrected chi connectivity index (χ0v) is 29.4. The first kappa shape index (κ1) is 39.4. The molecule has 282 valence electrons. The molecule has 3 aromatic rings. The lowest BCUT2D eigenvalue weighted by atomic mass is 9.88. The van der Waals surface area contributed by atoms with Gasteiger partial charge < -0.3 is 19.4 Å². The van der Waals surface area contributed by atoms with Gasteiger partial charge in [0.15, 0.2) is 9.84 Å². The van der Waals surface area contributed by atoms with Crippen molar-refractivity contribution < 1.29 is 62.3 Å². The second kappa shape index (κ2) is 14.5. The molecule has 0 saturated carbocycles. The third-order valence-corrected chi connectivity index (χ3v) is 12.0. The van der Waals surface area contributed by atoms with E-state index in [-0.39, 0.29) is 53.6 Å². The molecule has 19 heteroatoms. The molecule has 2 fully saturated rings. The van der Waals surface area contributed by atoms with Crippen LogP contribution in [0.15, 0.2) is 70.0 Å². The minimum atomic E-state index is -6.21. The first-order valence-corrected chi connectivity index (χ1v) is 17.8. The average molecular weight is 831 g/mol. The maximum absolute atomic E-state index is 14.5. The maximum Gasteiger partial charge on any atom is 0.430 e. The van der Waals surface area contributed by atoms with E-state index in [1.165, 1.54) is 21.6 Å². The van der Waals surface area contributed by atoms with Crippen molar-refractivity contribution in [3.8, 4) is 0 Å². The number of carbonyl (C=O) groups is 2. The highest BCUT2D eigenvalue weighted by Gasteiger charge is 2.73. The van der Waals surface area contributed by atoms with Gasteiger partial charge in [0.25, 0.3) is 5.60 Å². The molecule has 0 aromatic heterocycles. The Morgan fingerprint density at radius 2 is 1.35 bits per heavy atom. The highest BCUT2D eigenvalue weighted by Crippen LogP contribution is 2.53. The van der Waals surface area contributed by atoms with E-state index in [0.717, 1.165) is 36.4 Å². The lowest BCUT2D eigenvalue weighted by molar-refractivity contribution is -0.392. The summed E-state index contributed by atoms with van der Waals surface area (Å²) in [7, 11) is -4.44. The second-order valence-corrected chi connectivity index (χ2v) is 15.3. The molecule has 3 amide bonds. The fourth-order valence-electron chi connectivity index (χ4n) is 6.36. The first-order chi connectivity index (χ1) is 24.2. The molecule has 5 rings (SSSR count). The van der Waals surface area contributed by atoms with Crippen molar-refractivity contribution in [3.63, 3.8) is 0 Å². The number of benzene rings is 3. The van der Waals surface area contributed by atoms with Gasteiger partial charge >= 0.3 is 18.4 Å². The molecule has 0 N–H and O–H groups in total. The number of amides is 3. The molecule has 2 aliphatic heterocycles. The van der Waals surface area contributed by atoms with Crippen molar-refractivity contribution in [2.45, 2.75) is 47.5 Å². The van der Waals surface area contributed by atoms with E-state index in [2.05, 4.69) is 20.7 Å². The van der Waals surface area contributed by atoms with Crippen LogP contribution in [-0.2, 0) is 31.6 Å². The summed E-state index contributed by atoms with van der Waals surface area (Å²) in [5.74, 6) is -5.06. The number of hydrogen-bond donors (Lipinski definition) is 0. The number of carbonyl (C=O) groups excluding carboxylic acids is 2. The summed E-state index contributed by atoms with van der Waals surface area (Å²) in [6.07, 6.45) is -12.4. The quantitative estimate of drug-likeness (QED) is 0.191. The standard InChI is InChI=1S/C33H29BrF9N3O5S/c1-19(47)44-11-13-45(14-12-44)30(48)46-16-23(29(17-46)52(49,50)22-9-10-28(37)25(34)15-22)20-5-7-21(8-6-20)31(32(38,39)40,33(41,42)43)51-18-24-26(35)3-2-4-27(24)36/h2-10,15,23,29H,11-14,16-18H2,1H3/t23-,29+/m1/s1. The van der Waals surface area contributed by atoms with Crippen LogP contribution in [0.1, 0.15) is 29.5 Å². The van der Waals surface area contributed by atoms with Crippen LogP contribution in [0.4, 0.5) is 44.3 Å². The summed E-state index contributed by atoms with van der Waals surface area (Å²) in [5.41, 5.74) is -7.81. The Kier molecular flexibility index (Phi) is 11.0. The zero-order chi connectivity index (χ0) is 38.4. The molecule has 0 spiro atoms. The van der Waals surface area contributed by atoms with Crippen molar-refractivity contribution in [2.75, 3.05) is 39.3 Å². The highest BCUT2D eigenvalue weighted by molar-refractivity contribution is 9.10. The van der Waals surface area contributed by atoms with Gasteiger partial charge in [-0.25, -0.2) is 26.4 Å². The molecule has 0 aliphatic carbocycles.